The maximum Gasteiger partial charge on any atom is 0.416 e. The van der Waals surface area contributed by atoms with E-state index in [1.54, 1.807) is 7.05 Å². The number of hydrazine groups is 1. The fourth-order valence-corrected chi connectivity index (χ4v) is 4.89. The Kier molecular flexibility index (Phi) is 7.00. The molecule has 1 aliphatic heterocycles. The minimum atomic E-state index is -4.42. The normalized spacial score (nSPS) is 14.2. The largest absolute Gasteiger partial charge is 0.416 e. The number of alkyl halides is 3. The van der Waals surface area contributed by atoms with E-state index in [1.165, 1.54) is 47.2 Å². The monoisotopic (exact) mass is 529 g/mol. The van der Waals surface area contributed by atoms with Crippen molar-refractivity contribution in [3.8, 4) is 11.4 Å². The summed E-state index contributed by atoms with van der Waals surface area (Å²) in [6.07, 6.45) is -0.174. The number of hydrogen-bond acceptors (Lipinski definition) is 9. The number of morpholine rings is 1. The molecule has 0 saturated carbocycles. The molecule has 1 saturated heterocycles. The van der Waals surface area contributed by atoms with Crippen LogP contribution in [0.5, 0.6) is 0 Å². The lowest BCUT2D eigenvalue weighted by Crippen LogP contribution is -2.39. The van der Waals surface area contributed by atoms with Crippen molar-refractivity contribution in [2.24, 2.45) is 0 Å². The van der Waals surface area contributed by atoms with Gasteiger partial charge in [-0.25, -0.2) is 25.4 Å². The van der Waals surface area contributed by atoms with E-state index in [4.69, 9.17) is 9.72 Å². The van der Waals surface area contributed by atoms with E-state index in [0.717, 1.165) is 21.7 Å². The summed E-state index contributed by atoms with van der Waals surface area (Å²) in [5.74, 6) is 0.779. The van der Waals surface area contributed by atoms with E-state index in [0.29, 0.717) is 61.1 Å². The molecule has 0 aliphatic carbocycles. The summed E-state index contributed by atoms with van der Waals surface area (Å²) in [5.41, 5.74) is 3.88. The first kappa shape index (κ1) is 25.0. The van der Waals surface area contributed by atoms with Crippen LogP contribution in [-0.4, -0.2) is 64.2 Å². The molecule has 0 radical (unpaired) electrons. The second-order valence-electron chi connectivity index (χ2n) is 8.30. The van der Waals surface area contributed by atoms with Gasteiger partial charge in [-0.05, 0) is 18.2 Å². The Bertz CT molecular complexity index is 1390. The standard InChI is InChI=1S/C24H22F3N7O2S/c1-33(23(35)16-11-28-14-29-12-16)30-13-18-10-19-20(37-18)22(34-6-8-36-9-7-34)32-21(31-19)15-2-4-17(5-3-15)24(25,26)27/h2-5,10-12,14,30H,6-9,13H2,1H3. The molecule has 4 heterocycles. The van der Waals surface area contributed by atoms with E-state index in [9.17, 15) is 18.0 Å². The van der Waals surface area contributed by atoms with Crippen LogP contribution in [0.25, 0.3) is 21.6 Å². The number of amides is 1. The predicted octanol–water partition coefficient (Wildman–Crippen LogP) is 3.78. The van der Waals surface area contributed by atoms with Gasteiger partial charge in [-0.15, -0.1) is 11.3 Å². The molecule has 0 unspecified atom stereocenters. The average molecular weight is 530 g/mol. The fourth-order valence-electron chi connectivity index (χ4n) is 3.85. The number of rotatable bonds is 6. The minimum Gasteiger partial charge on any atom is -0.378 e. The lowest BCUT2D eigenvalue weighted by molar-refractivity contribution is -0.137. The predicted molar refractivity (Wildman–Crippen MR) is 132 cm³/mol. The van der Waals surface area contributed by atoms with E-state index in [2.05, 4.69) is 25.3 Å². The van der Waals surface area contributed by atoms with Gasteiger partial charge in [0.25, 0.3) is 5.91 Å². The summed E-state index contributed by atoms with van der Waals surface area (Å²) in [4.78, 5) is 32.7. The third-order valence-electron chi connectivity index (χ3n) is 5.79. The first-order valence-electron chi connectivity index (χ1n) is 11.4. The zero-order valence-electron chi connectivity index (χ0n) is 19.7. The zero-order chi connectivity index (χ0) is 26.0. The summed E-state index contributed by atoms with van der Waals surface area (Å²) >= 11 is 1.50. The molecule has 192 valence electrons. The molecular weight excluding hydrogens is 507 g/mol. The molecule has 0 bridgehead atoms. The Balaban J connectivity index is 1.44. The molecule has 9 nitrogen and oxygen atoms in total. The van der Waals surface area contributed by atoms with Crippen LogP contribution in [0.2, 0.25) is 0 Å². The van der Waals surface area contributed by atoms with E-state index >= 15 is 0 Å². The number of carbonyl (C=O) groups is 1. The van der Waals surface area contributed by atoms with Gasteiger partial charge in [0.2, 0.25) is 0 Å². The van der Waals surface area contributed by atoms with Gasteiger partial charge in [0.1, 0.15) is 6.33 Å². The van der Waals surface area contributed by atoms with Crippen LogP contribution in [0.4, 0.5) is 19.0 Å². The summed E-state index contributed by atoms with van der Waals surface area (Å²) < 4.78 is 45.4. The molecule has 1 N–H and O–H groups in total. The first-order valence-corrected chi connectivity index (χ1v) is 12.2. The molecule has 1 amide bonds. The second kappa shape index (κ2) is 10.4. The molecule has 13 heteroatoms. The molecule has 4 aromatic rings. The van der Waals surface area contributed by atoms with Gasteiger partial charge in [-0.2, -0.15) is 13.2 Å². The van der Waals surface area contributed by atoms with Gasteiger partial charge in [0, 0.05) is 49.5 Å². The fraction of sp³-hybridized carbons (Fsp3) is 0.292. The molecular formula is C24H22F3N7O2S. The topological polar surface area (TPSA) is 96.4 Å². The molecule has 37 heavy (non-hydrogen) atoms. The smallest absolute Gasteiger partial charge is 0.378 e. The van der Waals surface area contributed by atoms with Crippen LogP contribution in [0.3, 0.4) is 0 Å². The number of hydrogen-bond donors (Lipinski definition) is 1. The number of halogens is 3. The van der Waals surface area contributed by atoms with Crippen molar-refractivity contribution in [3.63, 3.8) is 0 Å². The van der Waals surface area contributed by atoms with Crippen molar-refractivity contribution in [1.82, 2.24) is 30.4 Å². The summed E-state index contributed by atoms with van der Waals surface area (Å²) in [6, 6.07) is 6.73. The highest BCUT2D eigenvalue weighted by Crippen LogP contribution is 2.35. The van der Waals surface area contributed by atoms with Crippen molar-refractivity contribution in [3.05, 3.63) is 65.1 Å². The van der Waals surface area contributed by atoms with E-state index in [-0.39, 0.29) is 5.91 Å². The SMILES string of the molecule is CN(NCc1cc2nc(-c3ccc(C(F)(F)F)cc3)nc(N3CCOCC3)c2s1)C(=O)c1cncnc1. The lowest BCUT2D eigenvalue weighted by atomic mass is 10.1. The van der Waals surface area contributed by atoms with Crippen LogP contribution in [-0.2, 0) is 17.5 Å². The molecule has 1 aliphatic rings. The van der Waals surface area contributed by atoms with Crippen LogP contribution >= 0.6 is 11.3 Å². The van der Waals surface area contributed by atoms with Crippen LogP contribution in [0.1, 0.15) is 20.8 Å². The first-order chi connectivity index (χ1) is 17.8. The Morgan fingerprint density at radius 1 is 1.14 bits per heavy atom. The number of carbonyl (C=O) groups excluding carboxylic acids is 1. The number of nitrogens with zero attached hydrogens (tertiary/aromatic N) is 6. The Hall–Kier alpha value is -3.68. The third-order valence-corrected chi connectivity index (χ3v) is 6.91. The lowest BCUT2D eigenvalue weighted by Gasteiger charge is -2.28. The van der Waals surface area contributed by atoms with Crippen molar-refractivity contribution >= 4 is 33.3 Å². The Labute approximate surface area is 213 Å². The summed E-state index contributed by atoms with van der Waals surface area (Å²) in [7, 11) is 1.62. The van der Waals surface area contributed by atoms with Crippen molar-refractivity contribution < 1.29 is 22.7 Å². The average Bonchev–Trinajstić information content (AvgIpc) is 3.34. The highest BCUT2D eigenvalue weighted by atomic mass is 32.1. The summed E-state index contributed by atoms with van der Waals surface area (Å²) in [6.45, 7) is 2.74. The molecule has 0 atom stereocenters. The van der Waals surface area contributed by atoms with Crippen molar-refractivity contribution in [2.45, 2.75) is 12.7 Å². The Morgan fingerprint density at radius 3 is 2.51 bits per heavy atom. The van der Waals surface area contributed by atoms with Crippen molar-refractivity contribution in [2.75, 3.05) is 38.3 Å². The molecule has 3 aromatic heterocycles. The second-order valence-corrected chi connectivity index (χ2v) is 9.44. The van der Waals surface area contributed by atoms with Gasteiger partial charge < -0.3 is 9.64 Å². The maximum atomic E-state index is 13.0. The molecule has 5 rings (SSSR count). The van der Waals surface area contributed by atoms with Crippen LogP contribution < -0.4 is 10.3 Å². The number of thiophene rings is 1. The molecule has 0 spiro atoms. The number of ether oxygens (including phenoxy) is 1. The number of nitrogens with one attached hydrogen (secondary N) is 1. The van der Waals surface area contributed by atoms with E-state index in [1.807, 2.05) is 6.07 Å². The number of anilines is 1. The zero-order valence-corrected chi connectivity index (χ0v) is 20.5. The van der Waals surface area contributed by atoms with E-state index < -0.39 is 11.7 Å². The highest BCUT2D eigenvalue weighted by molar-refractivity contribution is 7.19. The summed E-state index contributed by atoms with van der Waals surface area (Å²) in [5, 5.41) is 1.37. The highest BCUT2D eigenvalue weighted by Gasteiger charge is 2.30. The molecule has 1 aromatic carbocycles. The Morgan fingerprint density at radius 2 is 1.84 bits per heavy atom. The van der Waals surface area contributed by atoms with Gasteiger partial charge >= 0.3 is 6.18 Å². The minimum absolute atomic E-state index is 0.278. The maximum absolute atomic E-state index is 13.0. The van der Waals surface area contributed by atoms with Crippen LogP contribution in [0, 0.1) is 0 Å². The number of benzene rings is 1. The van der Waals surface area contributed by atoms with Crippen molar-refractivity contribution in [1.29, 1.82) is 0 Å². The number of fused-ring (bicyclic) bond motifs is 1. The van der Waals surface area contributed by atoms with Gasteiger partial charge in [-0.1, -0.05) is 12.1 Å². The third kappa shape index (κ3) is 5.53. The number of aromatic nitrogens is 4. The van der Waals surface area contributed by atoms with Gasteiger partial charge in [-0.3, -0.25) is 9.80 Å². The molecule has 1 fully saturated rings. The quantitative estimate of drug-likeness (QED) is 0.377. The van der Waals surface area contributed by atoms with Crippen LogP contribution in [0.15, 0.2) is 49.1 Å². The van der Waals surface area contributed by atoms with Gasteiger partial charge in [0.05, 0.1) is 34.6 Å². The van der Waals surface area contributed by atoms with Gasteiger partial charge in [0.15, 0.2) is 11.6 Å².